The number of nitrogens with one attached hydrogen (secondary N) is 1. The molecule has 0 spiro atoms. The maximum Gasteiger partial charge on any atom is 0.257 e. The summed E-state index contributed by atoms with van der Waals surface area (Å²) >= 11 is 0. The van der Waals surface area contributed by atoms with Crippen LogP contribution in [0.25, 0.3) is 0 Å². The Hall–Kier alpha value is -1.55. The van der Waals surface area contributed by atoms with E-state index >= 15 is 0 Å². The summed E-state index contributed by atoms with van der Waals surface area (Å²) in [5, 5.41) is 13.4. The maximum absolute atomic E-state index is 12.4. The normalized spacial score (nSPS) is 29.2. The predicted octanol–water partition coefficient (Wildman–Crippen LogP) is 1.75. The van der Waals surface area contributed by atoms with Crippen LogP contribution in [0.3, 0.4) is 0 Å². The lowest BCUT2D eigenvalue weighted by molar-refractivity contribution is 0.0679. The van der Waals surface area contributed by atoms with E-state index in [1.165, 1.54) is 12.8 Å². The second-order valence-corrected chi connectivity index (χ2v) is 5.70. The van der Waals surface area contributed by atoms with Gasteiger partial charge < -0.3 is 15.3 Å². The molecule has 0 aromatic heterocycles. The van der Waals surface area contributed by atoms with Gasteiger partial charge in [0, 0.05) is 25.2 Å². The number of hydrogen-bond donors (Lipinski definition) is 2. The molecule has 2 N–H and O–H groups in total. The van der Waals surface area contributed by atoms with Crippen molar-refractivity contribution in [2.24, 2.45) is 0 Å². The lowest BCUT2D eigenvalue weighted by Gasteiger charge is -2.35. The second kappa shape index (κ2) is 4.85. The first kappa shape index (κ1) is 12.5. The van der Waals surface area contributed by atoms with Gasteiger partial charge in [-0.1, -0.05) is 12.1 Å². The molecule has 1 amide bonds. The van der Waals surface area contributed by atoms with Gasteiger partial charge in [0.2, 0.25) is 0 Å². The highest BCUT2D eigenvalue weighted by Crippen LogP contribution is 2.30. The van der Waals surface area contributed by atoms with Crippen LogP contribution < -0.4 is 5.32 Å². The van der Waals surface area contributed by atoms with Gasteiger partial charge in [-0.3, -0.25) is 4.79 Å². The fraction of sp³-hybridized carbons (Fsp3) is 0.533. The number of para-hydroxylation sites is 1. The Kier molecular flexibility index (Phi) is 3.19. The molecule has 1 aromatic carbocycles. The minimum absolute atomic E-state index is 0.0660. The molecule has 0 saturated carbocycles. The number of nitrogens with zero attached hydrogens (tertiary/aromatic N) is 1. The molecule has 0 aliphatic carbocycles. The monoisotopic (exact) mass is 260 g/mol. The van der Waals surface area contributed by atoms with E-state index < -0.39 is 0 Å². The number of rotatable bonds is 2. The number of phenols is 1. The summed E-state index contributed by atoms with van der Waals surface area (Å²) in [4.78, 5) is 14.3. The number of carbonyl (C=O) groups is 1. The summed E-state index contributed by atoms with van der Waals surface area (Å²) in [7, 11) is 1.85. The van der Waals surface area contributed by atoms with Gasteiger partial charge in [0.05, 0.1) is 5.56 Å². The summed E-state index contributed by atoms with van der Waals surface area (Å²) in [5.41, 5.74) is 0.399. The van der Waals surface area contributed by atoms with Crippen LogP contribution in [0.4, 0.5) is 0 Å². The first-order valence-corrected chi connectivity index (χ1v) is 6.96. The third kappa shape index (κ3) is 2.32. The molecule has 3 rings (SSSR count). The summed E-state index contributed by atoms with van der Waals surface area (Å²) < 4.78 is 0. The zero-order valence-electron chi connectivity index (χ0n) is 11.2. The average molecular weight is 260 g/mol. The zero-order valence-corrected chi connectivity index (χ0v) is 11.2. The molecule has 2 aliphatic heterocycles. The number of hydrogen-bond acceptors (Lipinski definition) is 3. The number of phenolic OH excluding ortho intramolecular Hbond substituents is 1. The summed E-state index contributed by atoms with van der Waals surface area (Å²) in [6.45, 7) is 0. The van der Waals surface area contributed by atoms with Crippen molar-refractivity contribution in [1.29, 1.82) is 0 Å². The van der Waals surface area contributed by atoms with Crippen LogP contribution in [-0.2, 0) is 0 Å². The standard InChI is InChI=1S/C15H20N2O2/c1-17(12-8-10-6-7-11(9-12)16-10)15(19)13-4-2-3-5-14(13)18/h2-5,10-12,16,18H,6-9H2,1H3. The molecule has 2 unspecified atom stereocenters. The Labute approximate surface area is 113 Å². The molecular weight excluding hydrogens is 240 g/mol. The predicted molar refractivity (Wildman–Crippen MR) is 73.2 cm³/mol. The van der Waals surface area contributed by atoms with Crippen molar-refractivity contribution in [1.82, 2.24) is 10.2 Å². The number of aromatic hydroxyl groups is 1. The molecule has 2 fully saturated rings. The molecule has 0 radical (unpaired) electrons. The molecule has 102 valence electrons. The van der Waals surface area contributed by atoms with Crippen molar-refractivity contribution in [3.8, 4) is 5.75 Å². The lowest BCUT2D eigenvalue weighted by atomic mass is 9.98. The Morgan fingerprint density at radius 3 is 2.53 bits per heavy atom. The summed E-state index contributed by atoms with van der Waals surface area (Å²) in [6, 6.07) is 8.17. The largest absolute Gasteiger partial charge is 0.507 e. The van der Waals surface area contributed by atoms with Gasteiger partial charge in [-0.25, -0.2) is 0 Å². The molecule has 2 bridgehead atoms. The topological polar surface area (TPSA) is 52.6 Å². The zero-order chi connectivity index (χ0) is 13.4. The van der Waals surface area contributed by atoms with Crippen molar-refractivity contribution in [2.75, 3.05) is 7.05 Å². The Bertz CT molecular complexity index is 477. The van der Waals surface area contributed by atoms with Crippen LogP contribution in [0.2, 0.25) is 0 Å². The fourth-order valence-electron chi connectivity index (χ4n) is 3.35. The van der Waals surface area contributed by atoms with Crippen molar-refractivity contribution >= 4 is 5.91 Å². The van der Waals surface area contributed by atoms with Crippen LogP contribution in [0, 0.1) is 0 Å². The average Bonchev–Trinajstić information content (AvgIpc) is 2.76. The molecule has 4 heteroatoms. The highest BCUT2D eigenvalue weighted by Gasteiger charge is 2.36. The maximum atomic E-state index is 12.4. The fourth-order valence-corrected chi connectivity index (χ4v) is 3.35. The van der Waals surface area contributed by atoms with E-state index in [0.29, 0.717) is 17.6 Å². The molecule has 1 aromatic rings. The number of piperidine rings is 1. The van der Waals surface area contributed by atoms with Crippen molar-refractivity contribution in [3.63, 3.8) is 0 Å². The van der Waals surface area contributed by atoms with E-state index in [4.69, 9.17) is 0 Å². The third-order valence-corrected chi connectivity index (χ3v) is 4.45. The quantitative estimate of drug-likeness (QED) is 0.851. The highest BCUT2D eigenvalue weighted by atomic mass is 16.3. The van der Waals surface area contributed by atoms with Crippen LogP contribution in [-0.4, -0.2) is 41.1 Å². The van der Waals surface area contributed by atoms with Crippen molar-refractivity contribution in [3.05, 3.63) is 29.8 Å². The Morgan fingerprint density at radius 2 is 1.89 bits per heavy atom. The second-order valence-electron chi connectivity index (χ2n) is 5.70. The minimum atomic E-state index is -0.0793. The number of carbonyl (C=O) groups excluding carboxylic acids is 1. The van der Waals surface area contributed by atoms with Crippen LogP contribution in [0.5, 0.6) is 5.75 Å². The molecular formula is C15H20N2O2. The van der Waals surface area contributed by atoms with E-state index in [1.807, 2.05) is 7.05 Å². The SMILES string of the molecule is CN(C(=O)c1ccccc1O)C1CC2CCC(C1)N2. The number of amides is 1. The molecule has 4 nitrogen and oxygen atoms in total. The van der Waals surface area contributed by atoms with Crippen molar-refractivity contribution < 1.29 is 9.90 Å². The molecule has 2 atom stereocenters. The van der Waals surface area contributed by atoms with Gasteiger partial charge in [-0.15, -0.1) is 0 Å². The summed E-state index contributed by atoms with van der Waals surface area (Å²) in [6.07, 6.45) is 4.48. The smallest absolute Gasteiger partial charge is 0.257 e. The van der Waals surface area contributed by atoms with Gasteiger partial charge in [-0.05, 0) is 37.8 Å². The van der Waals surface area contributed by atoms with Gasteiger partial charge >= 0.3 is 0 Å². The van der Waals surface area contributed by atoms with Gasteiger partial charge in [0.15, 0.2) is 0 Å². The first-order valence-electron chi connectivity index (χ1n) is 6.96. The van der Waals surface area contributed by atoms with Gasteiger partial charge in [-0.2, -0.15) is 0 Å². The van der Waals surface area contributed by atoms with E-state index in [-0.39, 0.29) is 17.7 Å². The number of fused-ring (bicyclic) bond motifs is 2. The molecule has 2 saturated heterocycles. The minimum Gasteiger partial charge on any atom is -0.507 e. The molecule has 19 heavy (non-hydrogen) atoms. The van der Waals surface area contributed by atoms with Gasteiger partial charge in [0.1, 0.15) is 5.75 Å². The van der Waals surface area contributed by atoms with Crippen LogP contribution in [0.1, 0.15) is 36.0 Å². The van der Waals surface area contributed by atoms with Crippen LogP contribution >= 0.6 is 0 Å². The Morgan fingerprint density at radius 1 is 1.26 bits per heavy atom. The summed E-state index contributed by atoms with van der Waals surface area (Å²) in [5.74, 6) is -0.0133. The van der Waals surface area contributed by atoms with E-state index in [2.05, 4.69) is 5.32 Å². The molecule has 2 heterocycles. The highest BCUT2D eigenvalue weighted by molar-refractivity contribution is 5.96. The van der Waals surface area contributed by atoms with E-state index in [1.54, 1.807) is 29.2 Å². The Balaban J connectivity index is 1.75. The first-order chi connectivity index (χ1) is 9.15. The van der Waals surface area contributed by atoms with Crippen LogP contribution in [0.15, 0.2) is 24.3 Å². The van der Waals surface area contributed by atoms with Crippen molar-refractivity contribution in [2.45, 2.75) is 43.8 Å². The van der Waals surface area contributed by atoms with E-state index in [0.717, 1.165) is 12.8 Å². The third-order valence-electron chi connectivity index (χ3n) is 4.45. The molecule has 2 aliphatic rings. The van der Waals surface area contributed by atoms with E-state index in [9.17, 15) is 9.90 Å². The van der Waals surface area contributed by atoms with Gasteiger partial charge in [0.25, 0.3) is 5.91 Å². The number of benzene rings is 1. The lowest BCUT2D eigenvalue weighted by Crippen LogP contribution is -2.48.